The van der Waals surface area contributed by atoms with Crippen molar-refractivity contribution in [1.29, 1.82) is 0 Å². The molecule has 0 N–H and O–H groups in total. The van der Waals surface area contributed by atoms with Crippen molar-refractivity contribution in [2.24, 2.45) is 0 Å². The lowest BCUT2D eigenvalue weighted by molar-refractivity contribution is 0.0698. The number of sulfonamides is 1. The highest BCUT2D eigenvalue weighted by Crippen LogP contribution is 2.22. The summed E-state index contributed by atoms with van der Waals surface area (Å²) in [5.41, 5.74) is 4.00. The quantitative estimate of drug-likeness (QED) is 0.788. The fourth-order valence-electron chi connectivity index (χ4n) is 3.36. The number of rotatable bonds is 4. The summed E-state index contributed by atoms with van der Waals surface area (Å²) in [5, 5.41) is 0. The maximum atomic E-state index is 12.9. The van der Waals surface area contributed by atoms with E-state index in [1.54, 1.807) is 17.0 Å². The normalized spacial score (nSPS) is 15.8. The summed E-state index contributed by atoms with van der Waals surface area (Å²) in [5.74, 6) is 0.318. The summed E-state index contributed by atoms with van der Waals surface area (Å²) in [4.78, 5) is 14.8. The second-order valence-corrected chi connectivity index (χ2v) is 9.66. The van der Waals surface area contributed by atoms with Gasteiger partial charge in [0.15, 0.2) is 0 Å². The highest BCUT2D eigenvalue weighted by molar-refractivity contribution is 7.89. The number of nitrogens with zero attached hydrogens (tertiary/aromatic N) is 2. The minimum atomic E-state index is -3.54. The molecule has 2 aromatic rings. The second-order valence-electron chi connectivity index (χ2n) is 7.72. The van der Waals surface area contributed by atoms with Gasteiger partial charge >= 0.3 is 0 Å². The van der Waals surface area contributed by atoms with Crippen LogP contribution in [0.5, 0.6) is 0 Å². The van der Waals surface area contributed by atoms with Gasteiger partial charge in [-0.3, -0.25) is 4.79 Å². The van der Waals surface area contributed by atoms with Gasteiger partial charge in [0, 0.05) is 31.7 Å². The van der Waals surface area contributed by atoms with Gasteiger partial charge in [-0.25, -0.2) is 8.42 Å². The summed E-state index contributed by atoms with van der Waals surface area (Å²) < 4.78 is 27.3. The number of carbonyl (C=O) groups excluding carboxylic acids is 1. The highest BCUT2D eigenvalue weighted by Gasteiger charge is 2.30. The molecular weight excluding hydrogens is 372 g/mol. The van der Waals surface area contributed by atoms with E-state index in [1.165, 1.54) is 4.31 Å². The van der Waals surface area contributed by atoms with Crippen LogP contribution in [0.1, 0.15) is 46.8 Å². The van der Waals surface area contributed by atoms with Crippen molar-refractivity contribution in [2.45, 2.75) is 38.5 Å². The lowest BCUT2D eigenvalue weighted by Gasteiger charge is -2.34. The number of carbonyl (C=O) groups is 1. The maximum absolute atomic E-state index is 12.9. The predicted octanol–water partition coefficient (Wildman–Crippen LogP) is 3.57. The fraction of sp³-hybridized carbons (Fsp3) is 0.409. The van der Waals surface area contributed by atoms with Gasteiger partial charge in [0.2, 0.25) is 10.0 Å². The predicted molar refractivity (Wildman–Crippen MR) is 111 cm³/mol. The first-order valence-electron chi connectivity index (χ1n) is 9.67. The first-order valence-corrected chi connectivity index (χ1v) is 11.1. The summed E-state index contributed by atoms with van der Waals surface area (Å²) in [6.45, 7) is 9.58. The molecule has 1 heterocycles. The van der Waals surface area contributed by atoms with Crippen molar-refractivity contribution < 1.29 is 13.2 Å². The highest BCUT2D eigenvalue weighted by atomic mass is 32.2. The first kappa shape index (κ1) is 20.6. The van der Waals surface area contributed by atoms with Gasteiger partial charge in [-0.1, -0.05) is 32.0 Å². The van der Waals surface area contributed by atoms with Gasteiger partial charge in [0.25, 0.3) is 5.91 Å². The molecule has 2 aromatic carbocycles. The minimum absolute atomic E-state index is 0.0403. The van der Waals surface area contributed by atoms with E-state index in [9.17, 15) is 13.2 Å². The van der Waals surface area contributed by atoms with E-state index in [-0.39, 0.29) is 5.91 Å². The Morgan fingerprint density at radius 2 is 1.50 bits per heavy atom. The van der Waals surface area contributed by atoms with E-state index >= 15 is 0 Å². The van der Waals surface area contributed by atoms with Crippen molar-refractivity contribution in [1.82, 2.24) is 9.21 Å². The molecule has 0 unspecified atom stereocenters. The smallest absolute Gasteiger partial charge is 0.253 e. The van der Waals surface area contributed by atoms with E-state index in [0.29, 0.717) is 42.6 Å². The molecule has 0 spiro atoms. The average Bonchev–Trinajstić information content (AvgIpc) is 2.69. The Morgan fingerprint density at radius 3 is 2.04 bits per heavy atom. The van der Waals surface area contributed by atoms with Crippen molar-refractivity contribution in [3.05, 3.63) is 64.7 Å². The van der Waals surface area contributed by atoms with Gasteiger partial charge in [0.1, 0.15) is 0 Å². The van der Waals surface area contributed by atoms with Crippen molar-refractivity contribution in [2.75, 3.05) is 26.2 Å². The monoisotopic (exact) mass is 400 g/mol. The van der Waals surface area contributed by atoms with Crippen molar-refractivity contribution in [3.8, 4) is 0 Å². The minimum Gasteiger partial charge on any atom is -0.336 e. The van der Waals surface area contributed by atoms with Gasteiger partial charge in [-0.2, -0.15) is 4.31 Å². The Hall–Kier alpha value is -2.18. The van der Waals surface area contributed by atoms with Gasteiger partial charge in [0.05, 0.1) is 4.90 Å². The molecule has 0 atom stereocenters. The lowest BCUT2D eigenvalue weighted by Crippen LogP contribution is -2.50. The van der Waals surface area contributed by atoms with E-state index in [1.807, 2.05) is 44.2 Å². The molecule has 6 heteroatoms. The summed E-state index contributed by atoms with van der Waals surface area (Å²) >= 11 is 0. The second kappa shape index (κ2) is 8.05. The van der Waals surface area contributed by atoms with Crippen LogP contribution < -0.4 is 0 Å². The number of aryl methyl sites for hydroxylation is 2. The Bertz CT molecular complexity index is 958. The van der Waals surface area contributed by atoms with Crippen LogP contribution >= 0.6 is 0 Å². The Labute approximate surface area is 168 Å². The lowest BCUT2D eigenvalue weighted by atomic mass is 10.0. The zero-order valence-electron chi connectivity index (χ0n) is 17.0. The van der Waals surface area contributed by atoms with E-state index in [2.05, 4.69) is 13.8 Å². The van der Waals surface area contributed by atoms with Crippen LogP contribution in [0.2, 0.25) is 0 Å². The molecule has 0 radical (unpaired) electrons. The average molecular weight is 401 g/mol. The van der Waals surface area contributed by atoms with Gasteiger partial charge in [-0.15, -0.1) is 0 Å². The molecular formula is C22H28N2O3S. The third-order valence-corrected chi connectivity index (χ3v) is 7.38. The Kier molecular flexibility index (Phi) is 5.91. The SMILES string of the molecule is Cc1ccc(C(=O)N2CCN(S(=O)(=O)c3ccc(C(C)C)cc3)CC2)cc1C. The standard InChI is InChI=1S/C22H28N2O3S/c1-16(2)19-7-9-21(10-8-19)28(26,27)24-13-11-23(12-14-24)22(25)20-6-5-17(3)18(4)15-20/h5-10,15-16H,11-14H2,1-4H3. The molecule has 0 aliphatic carbocycles. The van der Waals surface area contributed by atoms with Crippen LogP contribution in [0.3, 0.4) is 0 Å². The van der Waals surface area contributed by atoms with Crippen molar-refractivity contribution >= 4 is 15.9 Å². The molecule has 3 rings (SSSR count). The van der Waals surface area contributed by atoms with Crippen LogP contribution in [0, 0.1) is 13.8 Å². The van der Waals surface area contributed by atoms with E-state index in [4.69, 9.17) is 0 Å². The molecule has 1 aliphatic rings. The van der Waals surface area contributed by atoms with Crippen LogP contribution in [0.15, 0.2) is 47.4 Å². The molecule has 1 fully saturated rings. The number of piperazine rings is 1. The molecule has 1 saturated heterocycles. The largest absolute Gasteiger partial charge is 0.336 e. The zero-order valence-corrected chi connectivity index (χ0v) is 17.8. The third-order valence-electron chi connectivity index (χ3n) is 5.46. The molecule has 0 aromatic heterocycles. The topological polar surface area (TPSA) is 57.7 Å². The molecule has 28 heavy (non-hydrogen) atoms. The number of hydrogen-bond donors (Lipinski definition) is 0. The van der Waals surface area contributed by atoms with Crippen LogP contribution in [-0.2, 0) is 10.0 Å². The van der Waals surface area contributed by atoms with Crippen LogP contribution in [0.25, 0.3) is 0 Å². The van der Waals surface area contributed by atoms with E-state index in [0.717, 1.165) is 16.7 Å². The zero-order chi connectivity index (χ0) is 20.5. The fourth-order valence-corrected chi connectivity index (χ4v) is 4.78. The number of amides is 1. The van der Waals surface area contributed by atoms with Crippen molar-refractivity contribution in [3.63, 3.8) is 0 Å². The molecule has 0 bridgehead atoms. The Balaban J connectivity index is 1.68. The molecule has 1 amide bonds. The van der Waals surface area contributed by atoms with Gasteiger partial charge < -0.3 is 4.90 Å². The molecule has 150 valence electrons. The molecule has 5 nitrogen and oxygen atoms in total. The first-order chi connectivity index (χ1) is 13.2. The maximum Gasteiger partial charge on any atom is 0.253 e. The van der Waals surface area contributed by atoms with Crippen LogP contribution in [0.4, 0.5) is 0 Å². The summed E-state index contributed by atoms with van der Waals surface area (Å²) in [6, 6.07) is 12.8. The summed E-state index contributed by atoms with van der Waals surface area (Å²) in [7, 11) is -3.54. The van der Waals surface area contributed by atoms with Crippen LogP contribution in [-0.4, -0.2) is 49.7 Å². The third kappa shape index (κ3) is 4.13. The van der Waals surface area contributed by atoms with Gasteiger partial charge in [-0.05, 0) is 60.7 Å². The van der Waals surface area contributed by atoms with E-state index < -0.39 is 10.0 Å². The molecule has 1 aliphatic heterocycles. The Morgan fingerprint density at radius 1 is 0.893 bits per heavy atom. The number of hydrogen-bond acceptors (Lipinski definition) is 3. The summed E-state index contributed by atoms with van der Waals surface area (Å²) in [6.07, 6.45) is 0. The molecule has 0 saturated carbocycles. The number of benzene rings is 2.